The lowest BCUT2D eigenvalue weighted by Gasteiger charge is -2.31. The highest BCUT2D eigenvalue weighted by atomic mass is 16.3. The molecule has 0 aromatic carbocycles. The van der Waals surface area contributed by atoms with Crippen molar-refractivity contribution in [1.29, 1.82) is 0 Å². The van der Waals surface area contributed by atoms with Crippen LogP contribution in [0.4, 0.5) is 4.79 Å². The topological polar surface area (TPSA) is 170 Å². The number of imide groups is 2. The van der Waals surface area contributed by atoms with E-state index in [2.05, 4.69) is 0 Å². The highest BCUT2D eigenvalue weighted by Crippen LogP contribution is 2.28. The lowest BCUT2D eigenvalue weighted by Crippen LogP contribution is -2.68. The molecule has 0 radical (unpaired) electrons. The maximum Gasteiger partial charge on any atom is 0.328 e. The number of aliphatic hydroxyl groups excluding tert-OH is 2. The van der Waals surface area contributed by atoms with Crippen LogP contribution in [0.15, 0.2) is 23.2 Å². The van der Waals surface area contributed by atoms with E-state index in [0.29, 0.717) is 6.08 Å². The summed E-state index contributed by atoms with van der Waals surface area (Å²) < 4.78 is 0. The number of hydrogen-bond donors (Lipinski definition) is 5. The van der Waals surface area contributed by atoms with Gasteiger partial charge in [-0.25, -0.2) is 4.79 Å². The average molecular weight is 282 g/mol. The number of barbiturate groups is 1. The Bertz CT molecular complexity index is 636. The van der Waals surface area contributed by atoms with Crippen molar-refractivity contribution < 1.29 is 39.3 Å². The number of allylic oxidation sites excluding steroid dienone is 2. The zero-order chi connectivity index (χ0) is 15.2. The number of Topliss-reactive ketones (excluding diaryl/α,β-unsaturated/α-hetero) is 1. The van der Waals surface area contributed by atoms with E-state index in [1.54, 1.807) is 0 Å². The molecule has 0 unspecified atom stereocenters. The van der Waals surface area contributed by atoms with Crippen LogP contribution in [0.2, 0.25) is 0 Å². The van der Waals surface area contributed by atoms with Gasteiger partial charge in [0.05, 0.1) is 5.57 Å². The Kier molecular flexibility index (Phi) is 2.68. The van der Waals surface area contributed by atoms with Crippen molar-refractivity contribution in [2.75, 3.05) is 0 Å². The summed E-state index contributed by atoms with van der Waals surface area (Å²) in [5.41, 5.74) is -4.64. The SMILES string of the molecule is O=C1NC(=O)C(O)(C2=C(O)C(=O)C=C(O)C2=O)C(=O)N1. The molecule has 0 aromatic heterocycles. The summed E-state index contributed by atoms with van der Waals surface area (Å²) in [5, 5.41) is 31.7. The van der Waals surface area contributed by atoms with Gasteiger partial charge in [-0.15, -0.1) is 0 Å². The van der Waals surface area contributed by atoms with Crippen LogP contribution in [-0.4, -0.2) is 50.3 Å². The first-order valence-corrected chi connectivity index (χ1v) is 5.02. The van der Waals surface area contributed by atoms with Crippen LogP contribution in [0.5, 0.6) is 0 Å². The van der Waals surface area contributed by atoms with Crippen LogP contribution in [-0.2, 0) is 19.2 Å². The van der Waals surface area contributed by atoms with Gasteiger partial charge < -0.3 is 15.3 Å². The second-order valence-corrected chi connectivity index (χ2v) is 3.89. The molecule has 10 nitrogen and oxygen atoms in total. The van der Waals surface area contributed by atoms with Crippen molar-refractivity contribution >= 4 is 29.4 Å². The molecule has 0 saturated carbocycles. The number of rotatable bonds is 1. The second kappa shape index (κ2) is 3.99. The van der Waals surface area contributed by atoms with Gasteiger partial charge in [0, 0.05) is 6.08 Å². The van der Waals surface area contributed by atoms with Crippen molar-refractivity contribution in [3.8, 4) is 0 Å². The molecule has 5 N–H and O–H groups in total. The molecule has 0 atom stereocenters. The number of hydrogen-bond acceptors (Lipinski definition) is 8. The summed E-state index contributed by atoms with van der Waals surface area (Å²) in [4.78, 5) is 57.0. The molecule has 0 spiro atoms. The summed E-state index contributed by atoms with van der Waals surface area (Å²) in [5.74, 6) is -8.61. The maximum absolute atomic E-state index is 11.7. The maximum atomic E-state index is 11.7. The summed E-state index contributed by atoms with van der Waals surface area (Å²) in [7, 11) is 0. The van der Waals surface area contributed by atoms with E-state index in [9.17, 15) is 39.3 Å². The Balaban J connectivity index is 2.64. The second-order valence-electron chi connectivity index (χ2n) is 3.89. The van der Waals surface area contributed by atoms with Gasteiger partial charge in [-0.1, -0.05) is 0 Å². The first-order chi connectivity index (χ1) is 9.19. The molecule has 0 aromatic rings. The molecular formula is C10H6N2O8. The standard InChI is InChI=1S/C10H6N2O8/c13-2-1-3(14)6(16)4(5(2)15)10(20)7(17)11-9(19)12-8(10)18/h1,13,16,20H,(H2,11,12,17,18,19). The lowest BCUT2D eigenvalue weighted by molar-refractivity contribution is -0.152. The number of carbonyl (C=O) groups excluding carboxylic acids is 5. The van der Waals surface area contributed by atoms with Crippen molar-refractivity contribution in [3.63, 3.8) is 0 Å². The quantitative estimate of drug-likeness (QED) is 0.259. The van der Waals surface area contributed by atoms with Crippen LogP contribution in [0, 0.1) is 0 Å². The van der Waals surface area contributed by atoms with Crippen LogP contribution in [0.3, 0.4) is 0 Å². The number of carbonyl (C=O) groups is 5. The van der Waals surface area contributed by atoms with Crippen LogP contribution >= 0.6 is 0 Å². The van der Waals surface area contributed by atoms with Gasteiger partial charge in [0.25, 0.3) is 17.4 Å². The van der Waals surface area contributed by atoms with E-state index < -0.39 is 52.1 Å². The van der Waals surface area contributed by atoms with Crippen molar-refractivity contribution in [2.24, 2.45) is 0 Å². The third-order valence-corrected chi connectivity index (χ3v) is 2.67. The van der Waals surface area contributed by atoms with Gasteiger partial charge in [0.15, 0.2) is 11.5 Å². The number of amides is 4. The van der Waals surface area contributed by atoms with Gasteiger partial charge in [0.1, 0.15) is 0 Å². The molecule has 20 heavy (non-hydrogen) atoms. The minimum atomic E-state index is -3.31. The Hall–Kier alpha value is -3.01. The third-order valence-electron chi connectivity index (χ3n) is 2.67. The Morgan fingerprint density at radius 1 is 0.950 bits per heavy atom. The van der Waals surface area contributed by atoms with Gasteiger partial charge >= 0.3 is 6.03 Å². The van der Waals surface area contributed by atoms with Gasteiger partial charge in [0.2, 0.25) is 11.6 Å². The van der Waals surface area contributed by atoms with E-state index in [1.807, 2.05) is 0 Å². The molecule has 104 valence electrons. The van der Waals surface area contributed by atoms with E-state index in [0.717, 1.165) is 0 Å². The normalized spacial score (nSPS) is 22.4. The fourth-order valence-electron chi connectivity index (χ4n) is 1.70. The minimum absolute atomic E-state index is 0.355. The first-order valence-electron chi connectivity index (χ1n) is 5.02. The molecule has 0 bridgehead atoms. The van der Waals surface area contributed by atoms with Gasteiger partial charge in [-0.3, -0.25) is 29.8 Å². The summed E-state index contributed by atoms with van der Waals surface area (Å²) in [6, 6.07) is -1.25. The number of urea groups is 1. The zero-order valence-electron chi connectivity index (χ0n) is 9.46. The van der Waals surface area contributed by atoms with Crippen LogP contribution < -0.4 is 10.6 Å². The molecular weight excluding hydrogens is 276 g/mol. The van der Waals surface area contributed by atoms with Crippen molar-refractivity contribution in [3.05, 3.63) is 23.2 Å². The lowest BCUT2D eigenvalue weighted by atomic mass is 9.82. The summed E-state index contributed by atoms with van der Waals surface area (Å²) >= 11 is 0. The average Bonchev–Trinajstić information content (AvgIpc) is 2.34. The molecule has 1 aliphatic carbocycles. The summed E-state index contributed by atoms with van der Waals surface area (Å²) in [6.45, 7) is 0. The molecule has 2 rings (SSSR count). The molecule has 1 fully saturated rings. The van der Waals surface area contributed by atoms with Crippen molar-refractivity contribution in [2.45, 2.75) is 5.60 Å². The third kappa shape index (κ3) is 1.59. The van der Waals surface area contributed by atoms with E-state index >= 15 is 0 Å². The monoisotopic (exact) mass is 282 g/mol. The molecule has 1 heterocycles. The van der Waals surface area contributed by atoms with Crippen LogP contribution in [0.1, 0.15) is 0 Å². The number of nitrogens with one attached hydrogen (secondary N) is 2. The Morgan fingerprint density at radius 3 is 1.95 bits per heavy atom. The first kappa shape index (κ1) is 13.4. The Labute approximate surface area is 109 Å². The molecule has 1 aliphatic heterocycles. The number of ketones is 2. The minimum Gasteiger partial charge on any atom is -0.504 e. The largest absolute Gasteiger partial charge is 0.504 e. The van der Waals surface area contributed by atoms with Gasteiger partial charge in [-0.2, -0.15) is 0 Å². The highest BCUT2D eigenvalue weighted by molar-refractivity contribution is 6.32. The molecule has 2 aliphatic rings. The molecule has 10 heteroatoms. The molecule has 4 amide bonds. The molecule has 1 saturated heterocycles. The fraction of sp³-hybridized carbons (Fsp3) is 0.100. The van der Waals surface area contributed by atoms with Crippen LogP contribution in [0.25, 0.3) is 0 Å². The predicted octanol–water partition coefficient (Wildman–Crippen LogP) is -2.51. The predicted molar refractivity (Wildman–Crippen MR) is 57.0 cm³/mol. The van der Waals surface area contributed by atoms with Crippen molar-refractivity contribution in [1.82, 2.24) is 10.6 Å². The summed E-state index contributed by atoms with van der Waals surface area (Å²) in [6.07, 6.45) is 0.355. The Morgan fingerprint density at radius 2 is 1.45 bits per heavy atom. The smallest absolute Gasteiger partial charge is 0.328 e. The highest BCUT2D eigenvalue weighted by Gasteiger charge is 2.57. The zero-order valence-corrected chi connectivity index (χ0v) is 9.46. The number of aliphatic hydroxyl groups is 3. The fourth-order valence-corrected chi connectivity index (χ4v) is 1.70. The van der Waals surface area contributed by atoms with E-state index in [-0.39, 0.29) is 0 Å². The van der Waals surface area contributed by atoms with E-state index in [4.69, 9.17) is 0 Å². The van der Waals surface area contributed by atoms with E-state index in [1.165, 1.54) is 10.6 Å². The van der Waals surface area contributed by atoms with Gasteiger partial charge in [-0.05, 0) is 0 Å².